The van der Waals surface area contributed by atoms with Crippen LogP contribution >= 0.6 is 11.6 Å². The molecule has 110 valence electrons. The van der Waals surface area contributed by atoms with Crippen molar-refractivity contribution >= 4 is 17.5 Å². The van der Waals surface area contributed by atoms with Gasteiger partial charge in [0.25, 0.3) is 5.91 Å². The van der Waals surface area contributed by atoms with Crippen molar-refractivity contribution in [1.29, 1.82) is 0 Å². The van der Waals surface area contributed by atoms with E-state index in [1.165, 1.54) is 18.2 Å². The first-order valence-electron chi connectivity index (χ1n) is 6.53. The number of piperidine rings is 1. The van der Waals surface area contributed by atoms with E-state index in [2.05, 4.69) is 4.74 Å². The van der Waals surface area contributed by atoms with Gasteiger partial charge in [0.1, 0.15) is 5.75 Å². The number of carbonyl (C=O) groups excluding carboxylic acids is 1. The number of alkyl halides is 3. The van der Waals surface area contributed by atoms with Crippen LogP contribution < -0.4 is 4.74 Å². The predicted molar refractivity (Wildman–Crippen MR) is 72.5 cm³/mol. The number of ether oxygens (including phenoxy) is 1. The average molecular weight is 304 g/mol. The third kappa shape index (κ3) is 3.60. The van der Waals surface area contributed by atoms with Crippen LogP contribution in [0.2, 0.25) is 0 Å². The van der Waals surface area contributed by atoms with E-state index in [9.17, 15) is 13.6 Å². The summed E-state index contributed by atoms with van der Waals surface area (Å²) in [7, 11) is 0. The summed E-state index contributed by atoms with van der Waals surface area (Å²) in [6, 6.07) is 5.88. The van der Waals surface area contributed by atoms with Gasteiger partial charge in [-0.1, -0.05) is 6.07 Å². The molecule has 2 rings (SSSR count). The van der Waals surface area contributed by atoms with Crippen LogP contribution in [-0.4, -0.2) is 35.9 Å². The molecule has 1 fully saturated rings. The van der Waals surface area contributed by atoms with Gasteiger partial charge in [-0.05, 0) is 37.5 Å². The molecule has 0 N–H and O–H groups in total. The van der Waals surface area contributed by atoms with E-state index in [4.69, 9.17) is 11.6 Å². The Morgan fingerprint density at radius 2 is 2.25 bits per heavy atom. The molecule has 1 atom stereocenters. The molecular formula is C14H16ClF2NO2. The van der Waals surface area contributed by atoms with Gasteiger partial charge in [-0.15, -0.1) is 11.6 Å². The standard InChI is InChI=1S/C14H16ClF2NO2/c15-9-11-5-1-2-7-18(11)13(19)10-4-3-6-12(8-10)20-14(16)17/h3-4,6,8,11,14H,1-2,5,7,9H2. The maximum absolute atomic E-state index is 12.4. The lowest BCUT2D eigenvalue weighted by atomic mass is 10.0. The second-order valence-electron chi connectivity index (χ2n) is 4.71. The number of amides is 1. The van der Waals surface area contributed by atoms with Crippen molar-refractivity contribution in [2.24, 2.45) is 0 Å². The molecule has 1 heterocycles. The molecule has 1 aromatic carbocycles. The summed E-state index contributed by atoms with van der Waals surface area (Å²) in [5, 5.41) is 0. The fraction of sp³-hybridized carbons (Fsp3) is 0.500. The molecule has 0 radical (unpaired) electrons. The molecule has 0 saturated carbocycles. The van der Waals surface area contributed by atoms with Gasteiger partial charge in [0.2, 0.25) is 0 Å². The minimum Gasteiger partial charge on any atom is -0.435 e. The first kappa shape index (κ1) is 15.0. The van der Waals surface area contributed by atoms with Crippen molar-refractivity contribution in [1.82, 2.24) is 4.90 Å². The van der Waals surface area contributed by atoms with Crippen LogP contribution in [0.4, 0.5) is 8.78 Å². The molecule has 6 heteroatoms. The average Bonchev–Trinajstić information content (AvgIpc) is 2.46. The maximum atomic E-state index is 12.4. The number of halogens is 3. The van der Waals surface area contributed by atoms with E-state index >= 15 is 0 Å². The highest BCUT2D eigenvalue weighted by molar-refractivity contribution is 6.18. The Kier molecular flexibility index (Phi) is 5.17. The molecule has 0 aliphatic carbocycles. The van der Waals surface area contributed by atoms with E-state index in [0.29, 0.717) is 18.0 Å². The molecule has 1 amide bonds. The molecule has 1 saturated heterocycles. The Hall–Kier alpha value is -1.36. The van der Waals surface area contributed by atoms with Gasteiger partial charge in [0.05, 0.1) is 0 Å². The first-order chi connectivity index (χ1) is 9.61. The fourth-order valence-electron chi connectivity index (χ4n) is 2.40. The Labute approximate surface area is 121 Å². The first-order valence-corrected chi connectivity index (χ1v) is 7.07. The van der Waals surface area contributed by atoms with Gasteiger partial charge in [0, 0.05) is 24.0 Å². The highest BCUT2D eigenvalue weighted by Gasteiger charge is 2.27. The zero-order valence-corrected chi connectivity index (χ0v) is 11.7. The summed E-state index contributed by atoms with van der Waals surface area (Å²) in [4.78, 5) is 14.2. The highest BCUT2D eigenvalue weighted by Crippen LogP contribution is 2.23. The lowest BCUT2D eigenvalue weighted by Gasteiger charge is -2.34. The number of hydrogen-bond donors (Lipinski definition) is 0. The zero-order chi connectivity index (χ0) is 14.5. The molecule has 20 heavy (non-hydrogen) atoms. The SMILES string of the molecule is O=C(c1cccc(OC(F)F)c1)N1CCCCC1CCl. The van der Waals surface area contributed by atoms with E-state index in [1.807, 2.05) is 0 Å². The molecule has 0 aromatic heterocycles. The van der Waals surface area contributed by atoms with Crippen molar-refractivity contribution in [3.63, 3.8) is 0 Å². The fourth-order valence-corrected chi connectivity index (χ4v) is 2.72. The number of hydrogen-bond acceptors (Lipinski definition) is 2. The molecular weight excluding hydrogens is 288 g/mol. The van der Waals surface area contributed by atoms with Gasteiger partial charge in [0.15, 0.2) is 0 Å². The number of nitrogens with zero attached hydrogens (tertiary/aromatic N) is 1. The Balaban J connectivity index is 2.15. The van der Waals surface area contributed by atoms with Crippen molar-refractivity contribution in [2.75, 3.05) is 12.4 Å². The van der Waals surface area contributed by atoms with Crippen LogP contribution in [0.5, 0.6) is 5.75 Å². The quantitative estimate of drug-likeness (QED) is 0.797. The lowest BCUT2D eigenvalue weighted by molar-refractivity contribution is -0.0499. The summed E-state index contributed by atoms with van der Waals surface area (Å²) in [6.07, 6.45) is 2.87. The van der Waals surface area contributed by atoms with E-state index < -0.39 is 6.61 Å². The second kappa shape index (κ2) is 6.88. The van der Waals surface area contributed by atoms with Crippen molar-refractivity contribution in [3.05, 3.63) is 29.8 Å². The molecule has 0 bridgehead atoms. The van der Waals surface area contributed by atoms with E-state index in [-0.39, 0.29) is 17.7 Å². The monoisotopic (exact) mass is 303 g/mol. The second-order valence-corrected chi connectivity index (χ2v) is 5.02. The lowest BCUT2D eigenvalue weighted by Crippen LogP contribution is -2.44. The summed E-state index contributed by atoms with van der Waals surface area (Å²) in [6.45, 7) is -2.25. The van der Waals surface area contributed by atoms with Gasteiger partial charge in [-0.25, -0.2) is 0 Å². The van der Waals surface area contributed by atoms with Gasteiger partial charge < -0.3 is 9.64 Å². The molecule has 1 aromatic rings. The summed E-state index contributed by atoms with van der Waals surface area (Å²) in [5.41, 5.74) is 0.347. The van der Waals surface area contributed by atoms with Crippen LogP contribution in [0.1, 0.15) is 29.6 Å². The predicted octanol–water partition coefficient (Wildman–Crippen LogP) is 3.52. The number of likely N-dealkylation sites (tertiary alicyclic amines) is 1. The molecule has 0 spiro atoms. The third-order valence-corrected chi connectivity index (χ3v) is 3.73. The number of rotatable bonds is 4. The summed E-state index contributed by atoms with van der Waals surface area (Å²) in [5.74, 6) is 0.194. The normalized spacial score (nSPS) is 19.2. The van der Waals surface area contributed by atoms with Gasteiger partial charge in [-0.2, -0.15) is 8.78 Å². The van der Waals surface area contributed by atoms with Crippen molar-refractivity contribution < 1.29 is 18.3 Å². The third-order valence-electron chi connectivity index (χ3n) is 3.37. The van der Waals surface area contributed by atoms with Crippen LogP contribution in [0, 0.1) is 0 Å². The van der Waals surface area contributed by atoms with Gasteiger partial charge >= 0.3 is 6.61 Å². The van der Waals surface area contributed by atoms with Crippen LogP contribution in [0.3, 0.4) is 0 Å². The number of carbonyl (C=O) groups is 1. The molecule has 1 aliphatic heterocycles. The zero-order valence-electron chi connectivity index (χ0n) is 10.9. The van der Waals surface area contributed by atoms with E-state index in [1.54, 1.807) is 11.0 Å². The van der Waals surface area contributed by atoms with Crippen LogP contribution in [0.25, 0.3) is 0 Å². The van der Waals surface area contributed by atoms with Crippen molar-refractivity contribution in [3.8, 4) is 5.75 Å². The minimum atomic E-state index is -2.90. The Morgan fingerprint density at radius 3 is 2.95 bits per heavy atom. The van der Waals surface area contributed by atoms with Crippen molar-refractivity contribution in [2.45, 2.75) is 31.9 Å². The van der Waals surface area contributed by atoms with Gasteiger partial charge in [-0.3, -0.25) is 4.79 Å². The highest BCUT2D eigenvalue weighted by atomic mass is 35.5. The smallest absolute Gasteiger partial charge is 0.387 e. The summed E-state index contributed by atoms with van der Waals surface area (Å²) >= 11 is 5.89. The van der Waals surface area contributed by atoms with E-state index in [0.717, 1.165) is 19.3 Å². The number of benzene rings is 1. The van der Waals surface area contributed by atoms with Crippen LogP contribution in [-0.2, 0) is 0 Å². The molecule has 3 nitrogen and oxygen atoms in total. The maximum Gasteiger partial charge on any atom is 0.387 e. The Bertz CT molecular complexity index is 470. The van der Waals surface area contributed by atoms with Crippen LogP contribution in [0.15, 0.2) is 24.3 Å². The molecule has 1 aliphatic rings. The molecule has 1 unspecified atom stereocenters. The largest absolute Gasteiger partial charge is 0.435 e. The Morgan fingerprint density at radius 1 is 1.45 bits per heavy atom. The topological polar surface area (TPSA) is 29.5 Å². The summed E-state index contributed by atoms with van der Waals surface area (Å²) < 4.78 is 28.7. The minimum absolute atomic E-state index is 0.00900.